The summed E-state index contributed by atoms with van der Waals surface area (Å²) in [6, 6.07) is 3.63. The second-order valence-corrected chi connectivity index (χ2v) is 8.59. The number of carboxylic acids is 1. The van der Waals surface area contributed by atoms with Crippen LogP contribution in [0.15, 0.2) is 34.7 Å². The van der Waals surface area contributed by atoms with Crippen molar-refractivity contribution >= 4 is 17.5 Å². The van der Waals surface area contributed by atoms with Crippen molar-refractivity contribution in [2.45, 2.75) is 32.7 Å². The molecule has 0 amide bonds. The predicted molar refractivity (Wildman–Crippen MR) is 111 cm³/mol. The Kier molecular flexibility index (Phi) is 4.10. The summed E-state index contributed by atoms with van der Waals surface area (Å²) >= 11 is 1.39. The molecule has 1 N–H and O–H groups in total. The van der Waals surface area contributed by atoms with Crippen LogP contribution in [0, 0.1) is 5.92 Å². The summed E-state index contributed by atoms with van der Waals surface area (Å²) < 4.78 is 12.2. The quantitative estimate of drug-likeness (QED) is 0.708. The van der Waals surface area contributed by atoms with E-state index in [1.54, 1.807) is 0 Å². The Hall–Kier alpha value is -2.93. The highest BCUT2D eigenvalue weighted by atomic mass is 32.1. The highest BCUT2D eigenvalue weighted by Gasteiger charge is 2.33. The zero-order chi connectivity index (χ0) is 20.3. The van der Waals surface area contributed by atoms with Crippen molar-refractivity contribution in [1.29, 1.82) is 0 Å². The van der Waals surface area contributed by atoms with Gasteiger partial charge in [0, 0.05) is 58.6 Å². The minimum Gasteiger partial charge on any atom is -0.492 e. The van der Waals surface area contributed by atoms with Crippen molar-refractivity contribution < 1.29 is 14.6 Å². The fourth-order valence-electron chi connectivity index (χ4n) is 4.52. The highest BCUT2D eigenvalue weighted by Crippen LogP contribution is 2.47. The molecule has 29 heavy (non-hydrogen) atoms. The lowest BCUT2D eigenvalue weighted by atomic mass is 9.82. The van der Waals surface area contributed by atoms with Gasteiger partial charge in [-0.1, -0.05) is 13.8 Å². The molecule has 0 saturated heterocycles. The van der Waals surface area contributed by atoms with Crippen molar-refractivity contribution in [2.75, 3.05) is 6.61 Å². The van der Waals surface area contributed by atoms with Gasteiger partial charge in [0.2, 0.25) is 0 Å². The number of rotatable bonds is 3. The number of aromatic carboxylic acids is 1. The zero-order valence-electron chi connectivity index (χ0n) is 16.1. The lowest BCUT2D eigenvalue weighted by Crippen LogP contribution is -2.28. The molecule has 2 aliphatic rings. The molecule has 2 aromatic heterocycles. The number of nitrogens with zero attached hydrogens (tertiary/aromatic N) is 2. The van der Waals surface area contributed by atoms with Crippen LogP contribution in [0.2, 0.25) is 0 Å². The molecule has 7 heteroatoms. The first-order valence-electron chi connectivity index (χ1n) is 9.67. The van der Waals surface area contributed by atoms with Crippen LogP contribution in [-0.2, 0) is 12.8 Å². The van der Waals surface area contributed by atoms with E-state index in [1.165, 1.54) is 34.9 Å². The Bertz CT molecular complexity index is 1190. The van der Waals surface area contributed by atoms with E-state index in [9.17, 15) is 14.7 Å². The van der Waals surface area contributed by atoms with Gasteiger partial charge in [0.25, 0.3) is 0 Å². The van der Waals surface area contributed by atoms with Gasteiger partial charge in [-0.25, -0.2) is 9.17 Å². The van der Waals surface area contributed by atoms with Crippen molar-refractivity contribution in [2.24, 2.45) is 5.92 Å². The third-order valence-electron chi connectivity index (χ3n) is 5.96. The SMILES string of the molecule is CC(C)[C@@H]1Cc2c(cc(-c3cnsc3)c3c2CCO3)-c2cc(=O)c(C(=O)O)cn21. The number of hydrogen-bond acceptors (Lipinski definition) is 5. The Morgan fingerprint density at radius 3 is 2.83 bits per heavy atom. The summed E-state index contributed by atoms with van der Waals surface area (Å²) in [5.74, 6) is 0.0140. The number of hydrogen-bond donors (Lipinski definition) is 1. The van der Waals surface area contributed by atoms with Gasteiger partial charge in [-0.05, 0) is 35.5 Å². The molecular weight excluding hydrogens is 388 g/mol. The normalized spacial score (nSPS) is 16.9. The first kappa shape index (κ1) is 18.1. The average molecular weight is 408 g/mol. The Morgan fingerprint density at radius 2 is 2.14 bits per heavy atom. The lowest BCUT2D eigenvalue weighted by molar-refractivity contribution is 0.0694. The average Bonchev–Trinajstić information content (AvgIpc) is 3.38. The maximum absolute atomic E-state index is 12.5. The summed E-state index contributed by atoms with van der Waals surface area (Å²) in [5, 5.41) is 11.4. The fraction of sp³-hybridized carbons (Fsp3) is 0.318. The van der Waals surface area contributed by atoms with Crippen LogP contribution >= 0.6 is 11.5 Å². The molecule has 0 fully saturated rings. The summed E-state index contributed by atoms with van der Waals surface area (Å²) in [4.78, 5) is 24.1. The van der Waals surface area contributed by atoms with Gasteiger partial charge < -0.3 is 14.4 Å². The molecule has 6 nitrogen and oxygen atoms in total. The molecule has 0 spiro atoms. The van der Waals surface area contributed by atoms with Crippen molar-refractivity contribution in [1.82, 2.24) is 8.94 Å². The zero-order valence-corrected chi connectivity index (χ0v) is 17.0. The predicted octanol–water partition coefficient (Wildman–Crippen LogP) is 4.03. The van der Waals surface area contributed by atoms with Crippen LogP contribution < -0.4 is 10.2 Å². The molecule has 1 atom stereocenters. The number of benzene rings is 1. The molecule has 5 rings (SSSR count). The minimum absolute atomic E-state index is 0.0783. The van der Waals surface area contributed by atoms with E-state index in [2.05, 4.69) is 24.3 Å². The number of fused-ring (bicyclic) bond motifs is 5. The van der Waals surface area contributed by atoms with Crippen LogP contribution in [-0.4, -0.2) is 26.6 Å². The van der Waals surface area contributed by atoms with Crippen LogP contribution in [0.5, 0.6) is 5.75 Å². The Labute approximate surface area is 171 Å². The van der Waals surface area contributed by atoms with Gasteiger partial charge in [0.15, 0.2) is 5.43 Å². The molecule has 0 saturated carbocycles. The van der Waals surface area contributed by atoms with Gasteiger partial charge in [-0.2, -0.15) is 0 Å². The van der Waals surface area contributed by atoms with Crippen LogP contribution in [0.25, 0.3) is 22.4 Å². The van der Waals surface area contributed by atoms with Gasteiger partial charge in [-0.15, -0.1) is 0 Å². The molecule has 0 bridgehead atoms. The Balaban J connectivity index is 1.83. The van der Waals surface area contributed by atoms with Crippen molar-refractivity contribution in [3.8, 4) is 28.1 Å². The number of aromatic nitrogens is 2. The smallest absolute Gasteiger partial charge is 0.341 e. The maximum Gasteiger partial charge on any atom is 0.341 e. The summed E-state index contributed by atoms with van der Waals surface area (Å²) in [6.45, 7) is 4.90. The van der Waals surface area contributed by atoms with Crippen LogP contribution in [0.4, 0.5) is 0 Å². The van der Waals surface area contributed by atoms with E-state index < -0.39 is 11.4 Å². The molecule has 0 radical (unpaired) electrons. The molecule has 2 aliphatic heterocycles. The number of carboxylic acid groups (broad SMARTS) is 1. The third-order valence-corrected chi connectivity index (χ3v) is 6.55. The van der Waals surface area contributed by atoms with E-state index in [0.717, 1.165) is 41.0 Å². The largest absolute Gasteiger partial charge is 0.492 e. The van der Waals surface area contributed by atoms with Crippen molar-refractivity contribution in [3.63, 3.8) is 0 Å². The molecule has 0 aliphatic carbocycles. The van der Waals surface area contributed by atoms with Gasteiger partial charge in [0.1, 0.15) is 11.3 Å². The first-order valence-corrected chi connectivity index (χ1v) is 10.5. The molecule has 148 valence electrons. The first-order chi connectivity index (χ1) is 14.0. The molecule has 4 heterocycles. The Morgan fingerprint density at radius 1 is 1.31 bits per heavy atom. The summed E-state index contributed by atoms with van der Waals surface area (Å²) in [5.41, 5.74) is 5.51. The fourth-order valence-corrected chi connectivity index (χ4v) is 5.06. The van der Waals surface area contributed by atoms with E-state index in [4.69, 9.17) is 4.74 Å². The summed E-state index contributed by atoms with van der Waals surface area (Å²) in [7, 11) is 0. The van der Waals surface area contributed by atoms with Crippen LogP contribution in [0.3, 0.4) is 0 Å². The van der Waals surface area contributed by atoms with Gasteiger partial charge >= 0.3 is 5.97 Å². The molecule has 1 aromatic carbocycles. The molecule has 3 aromatic rings. The summed E-state index contributed by atoms with van der Waals surface area (Å²) in [6.07, 6.45) is 4.97. The molecule has 0 unspecified atom stereocenters. The third kappa shape index (κ3) is 2.72. The number of carbonyl (C=O) groups is 1. The van der Waals surface area contributed by atoms with Crippen LogP contribution in [0.1, 0.15) is 41.4 Å². The number of ether oxygens (including phenoxy) is 1. The van der Waals surface area contributed by atoms with E-state index in [1.807, 2.05) is 16.1 Å². The van der Waals surface area contributed by atoms with Gasteiger partial charge in [-0.3, -0.25) is 4.79 Å². The molecular formula is C22H20N2O4S. The van der Waals surface area contributed by atoms with E-state index in [0.29, 0.717) is 6.61 Å². The monoisotopic (exact) mass is 408 g/mol. The topological polar surface area (TPSA) is 81.4 Å². The minimum atomic E-state index is -1.19. The lowest BCUT2D eigenvalue weighted by Gasteiger charge is -2.34. The number of pyridine rings is 1. The van der Waals surface area contributed by atoms with E-state index in [-0.39, 0.29) is 17.5 Å². The van der Waals surface area contributed by atoms with Gasteiger partial charge in [0.05, 0.1) is 12.3 Å². The van der Waals surface area contributed by atoms with Crippen molar-refractivity contribution in [3.05, 3.63) is 56.8 Å². The second-order valence-electron chi connectivity index (χ2n) is 7.93. The second kappa shape index (κ2) is 6.56. The highest BCUT2D eigenvalue weighted by molar-refractivity contribution is 7.03. The standard InChI is InChI=1S/C22H20N2O4S/c1-11(2)18-6-15-13-3-4-28-21(13)14(12-8-23-29-10-12)5-16(15)19-7-20(25)17(22(26)27)9-24(18)19/h5,7-11,18H,3-4,6H2,1-2H3,(H,26,27)/t18-/m0/s1. The maximum atomic E-state index is 12.5. The van der Waals surface area contributed by atoms with E-state index >= 15 is 0 Å².